The van der Waals surface area contributed by atoms with Gasteiger partial charge in [0.2, 0.25) is 16.8 Å². The number of rotatable bonds is 5. The molecular formula is C24H25N3O7S2. The number of fused-ring (bicyclic) bond motifs is 2. The highest BCUT2D eigenvalue weighted by Gasteiger charge is 2.28. The second-order valence-corrected chi connectivity index (χ2v) is 11.7. The number of carbonyl (C=O) groups excluding carboxylic acids is 2. The van der Waals surface area contributed by atoms with Crippen molar-refractivity contribution in [1.82, 2.24) is 8.87 Å². The highest BCUT2D eigenvalue weighted by molar-refractivity contribution is 7.89. The van der Waals surface area contributed by atoms with Gasteiger partial charge >= 0.3 is 5.97 Å². The van der Waals surface area contributed by atoms with E-state index < -0.39 is 21.9 Å². The smallest absolute Gasteiger partial charge is 0.325 e. The standard InChI is InChI=1S/C24H25N3O7S2/c1-15-7-9-26(10-8-15)36(30,31)17-5-3-16(4-6-17)23(29)25-24-27(13-22(28)32-2)18-11-19-20(34-14-33-19)12-21(18)35-24/h3-6,11-12,15H,7-10,13-14H2,1-2H3. The first-order valence-corrected chi connectivity index (χ1v) is 13.7. The first-order valence-electron chi connectivity index (χ1n) is 11.5. The number of carbonyl (C=O) groups is 2. The van der Waals surface area contributed by atoms with Crippen LogP contribution < -0.4 is 14.3 Å². The monoisotopic (exact) mass is 531 g/mol. The molecule has 3 aromatic rings. The van der Waals surface area contributed by atoms with Crippen LogP contribution in [0.4, 0.5) is 0 Å². The minimum Gasteiger partial charge on any atom is -0.468 e. The molecular weight excluding hydrogens is 506 g/mol. The number of thiazole rings is 1. The zero-order valence-corrected chi connectivity index (χ0v) is 21.4. The van der Waals surface area contributed by atoms with Gasteiger partial charge in [-0.2, -0.15) is 9.30 Å². The van der Waals surface area contributed by atoms with Crippen LogP contribution in [-0.4, -0.2) is 56.2 Å². The molecule has 0 unspecified atom stereocenters. The molecule has 3 heterocycles. The Morgan fingerprint density at radius 3 is 2.44 bits per heavy atom. The van der Waals surface area contributed by atoms with E-state index in [4.69, 9.17) is 14.2 Å². The molecule has 1 amide bonds. The normalized spacial score (nSPS) is 17.0. The maximum absolute atomic E-state index is 13.0. The van der Waals surface area contributed by atoms with Crippen LogP contribution in [0.25, 0.3) is 10.2 Å². The maximum atomic E-state index is 13.0. The maximum Gasteiger partial charge on any atom is 0.325 e. The molecule has 0 saturated carbocycles. The molecule has 0 spiro atoms. The van der Waals surface area contributed by atoms with Crippen molar-refractivity contribution in [3.8, 4) is 11.5 Å². The topological polar surface area (TPSA) is 117 Å². The van der Waals surface area contributed by atoms with Crippen molar-refractivity contribution < 1.29 is 32.2 Å². The first-order chi connectivity index (χ1) is 17.3. The number of esters is 1. The van der Waals surface area contributed by atoms with Gasteiger partial charge in [-0.3, -0.25) is 9.59 Å². The molecule has 1 saturated heterocycles. The molecule has 0 aliphatic carbocycles. The van der Waals surface area contributed by atoms with Crippen LogP contribution in [0.15, 0.2) is 46.3 Å². The molecule has 2 aliphatic heterocycles. The summed E-state index contributed by atoms with van der Waals surface area (Å²) in [6, 6.07) is 9.30. The first kappa shape index (κ1) is 24.5. The number of hydrogen-bond acceptors (Lipinski definition) is 8. The average Bonchev–Trinajstić information content (AvgIpc) is 3.46. The number of piperidine rings is 1. The Morgan fingerprint density at radius 2 is 1.78 bits per heavy atom. The van der Waals surface area contributed by atoms with Crippen molar-refractivity contribution in [3.05, 3.63) is 46.8 Å². The second-order valence-electron chi connectivity index (χ2n) is 8.75. The average molecular weight is 532 g/mol. The van der Waals surface area contributed by atoms with Crippen LogP contribution in [0.3, 0.4) is 0 Å². The third-order valence-electron chi connectivity index (χ3n) is 6.37. The number of methoxy groups -OCH3 is 1. The Kier molecular flexibility index (Phi) is 6.58. The highest BCUT2D eigenvalue weighted by Crippen LogP contribution is 2.37. The number of ether oxygens (including phenoxy) is 3. The summed E-state index contributed by atoms with van der Waals surface area (Å²) in [6.45, 7) is 3.07. The minimum atomic E-state index is -3.62. The fraction of sp³-hybridized carbons (Fsp3) is 0.375. The highest BCUT2D eigenvalue weighted by atomic mass is 32.2. The predicted octanol–water partition coefficient (Wildman–Crippen LogP) is 2.77. The van der Waals surface area contributed by atoms with E-state index >= 15 is 0 Å². The fourth-order valence-corrected chi connectivity index (χ4v) is 6.69. The van der Waals surface area contributed by atoms with Crippen molar-refractivity contribution in [2.75, 3.05) is 27.0 Å². The van der Waals surface area contributed by atoms with E-state index in [-0.39, 0.29) is 23.8 Å². The van der Waals surface area contributed by atoms with Crippen LogP contribution in [0, 0.1) is 5.92 Å². The minimum absolute atomic E-state index is 0.113. The molecule has 36 heavy (non-hydrogen) atoms. The van der Waals surface area contributed by atoms with E-state index in [2.05, 4.69) is 11.9 Å². The van der Waals surface area contributed by atoms with Crippen molar-refractivity contribution >= 4 is 43.5 Å². The van der Waals surface area contributed by atoms with Crippen LogP contribution in [0.1, 0.15) is 30.1 Å². The van der Waals surface area contributed by atoms with Gasteiger partial charge in [0.15, 0.2) is 16.3 Å². The van der Waals surface area contributed by atoms with E-state index in [1.807, 2.05) is 0 Å². The summed E-state index contributed by atoms with van der Waals surface area (Å²) in [7, 11) is -2.33. The lowest BCUT2D eigenvalue weighted by Crippen LogP contribution is -2.37. The number of sulfonamides is 1. The van der Waals surface area contributed by atoms with E-state index in [1.165, 1.54) is 47.0 Å². The number of nitrogens with zero attached hydrogens (tertiary/aromatic N) is 3. The van der Waals surface area contributed by atoms with Gasteiger partial charge in [0.05, 0.1) is 22.2 Å². The van der Waals surface area contributed by atoms with Crippen LogP contribution in [-0.2, 0) is 26.1 Å². The zero-order valence-electron chi connectivity index (χ0n) is 19.8. The summed E-state index contributed by atoms with van der Waals surface area (Å²) in [5, 5.41) is 0. The number of benzene rings is 2. The van der Waals surface area contributed by atoms with Crippen LogP contribution >= 0.6 is 11.3 Å². The SMILES string of the molecule is COC(=O)Cn1c(=NC(=O)c2ccc(S(=O)(=O)N3CCC(C)CC3)cc2)sc2cc3c(cc21)OCO3. The van der Waals surface area contributed by atoms with Gasteiger partial charge in [-0.1, -0.05) is 18.3 Å². The summed E-state index contributed by atoms with van der Waals surface area (Å²) >= 11 is 1.22. The van der Waals surface area contributed by atoms with E-state index in [1.54, 1.807) is 16.7 Å². The molecule has 12 heteroatoms. The van der Waals surface area contributed by atoms with E-state index in [0.29, 0.717) is 40.8 Å². The van der Waals surface area contributed by atoms with Crippen LogP contribution in [0.2, 0.25) is 0 Å². The molecule has 0 radical (unpaired) electrons. The summed E-state index contributed by atoms with van der Waals surface area (Å²) in [5.74, 6) is 0.567. The lowest BCUT2D eigenvalue weighted by Gasteiger charge is -2.29. The van der Waals surface area contributed by atoms with Crippen LogP contribution in [0.5, 0.6) is 11.5 Å². The van der Waals surface area contributed by atoms with Crippen molar-refractivity contribution in [3.63, 3.8) is 0 Å². The predicted molar refractivity (Wildman–Crippen MR) is 131 cm³/mol. The van der Waals surface area contributed by atoms with Gasteiger partial charge in [-0.25, -0.2) is 8.42 Å². The van der Waals surface area contributed by atoms with Gasteiger partial charge in [0.1, 0.15) is 6.54 Å². The molecule has 190 valence electrons. The van der Waals surface area contributed by atoms with Crippen molar-refractivity contribution in [1.29, 1.82) is 0 Å². The quantitative estimate of drug-likeness (QED) is 0.465. The number of aromatic nitrogens is 1. The summed E-state index contributed by atoms with van der Waals surface area (Å²) in [4.78, 5) is 29.7. The molecule has 10 nitrogen and oxygen atoms in total. The Labute approximate surface area is 211 Å². The second kappa shape index (κ2) is 9.68. The van der Waals surface area contributed by atoms with Crippen molar-refractivity contribution in [2.45, 2.75) is 31.2 Å². The molecule has 0 N–H and O–H groups in total. The van der Waals surface area contributed by atoms with E-state index in [0.717, 1.165) is 17.5 Å². The molecule has 1 aromatic heterocycles. The Hall–Kier alpha value is -3.22. The van der Waals surface area contributed by atoms with E-state index in [9.17, 15) is 18.0 Å². The lowest BCUT2D eigenvalue weighted by atomic mass is 10.0. The molecule has 0 bridgehead atoms. The molecule has 2 aromatic carbocycles. The molecule has 5 rings (SSSR count). The van der Waals surface area contributed by atoms with Gasteiger partial charge in [-0.15, -0.1) is 0 Å². The van der Waals surface area contributed by atoms with Gasteiger partial charge in [0, 0.05) is 30.8 Å². The van der Waals surface area contributed by atoms with Gasteiger partial charge in [0.25, 0.3) is 5.91 Å². The molecule has 2 aliphatic rings. The largest absolute Gasteiger partial charge is 0.468 e. The molecule has 1 fully saturated rings. The molecule has 0 atom stereocenters. The van der Waals surface area contributed by atoms with Gasteiger partial charge in [-0.05, 0) is 43.0 Å². The number of amides is 1. The van der Waals surface area contributed by atoms with Crippen molar-refractivity contribution in [2.24, 2.45) is 10.9 Å². The third kappa shape index (κ3) is 4.63. The van der Waals surface area contributed by atoms with Gasteiger partial charge < -0.3 is 18.8 Å². The summed E-state index contributed by atoms with van der Waals surface area (Å²) in [6.07, 6.45) is 1.66. The zero-order chi connectivity index (χ0) is 25.4. The summed E-state index contributed by atoms with van der Waals surface area (Å²) < 4.78 is 45.5. The Balaban J connectivity index is 1.46. The Morgan fingerprint density at radius 1 is 1.11 bits per heavy atom. The third-order valence-corrected chi connectivity index (χ3v) is 9.32. The lowest BCUT2D eigenvalue weighted by molar-refractivity contribution is -0.141. The number of hydrogen-bond donors (Lipinski definition) is 0. The summed E-state index contributed by atoms with van der Waals surface area (Å²) in [5.41, 5.74) is 0.885. The fourth-order valence-electron chi connectivity index (χ4n) is 4.19. The Bertz CT molecular complexity index is 1500.